The Kier molecular flexibility index (Phi) is 17.7. The molecular formula is C25H46ClN2O2+. The molecule has 0 radical (unpaired) electrons. The van der Waals surface area contributed by atoms with Crippen LogP contribution in [0.25, 0.3) is 0 Å². The van der Waals surface area contributed by atoms with Crippen molar-refractivity contribution in [2.75, 3.05) is 39.1 Å². The van der Waals surface area contributed by atoms with Gasteiger partial charge < -0.3 is 9.22 Å². The van der Waals surface area contributed by atoms with E-state index in [0.717, 1.165) is 23.3 Å². The molecule has 0 aromatic heterocycles. The molecule has 1 aromatic carbocycles. The fraction of sp³-hybridized carbons (Fsp3) is 0.720. The molecule has 0 heterocycles. The summed E-state index contributed by atoms with van der Waals surface area (Å²) in [7, 11) is 4.44. The van der Waals surface area contributed by atoms with Crippen molar-refractivity contribution in [3.63, 3.8) is 0 Å². The van der Waals surface area contributed by atoms with Gasteiger partial charge in [-0.05, 0) is 25.0 Å². The highest BCUT2D eigenvalue weighted by atomic mass is 35.5. The minimum Gasteiger partial charge on any atom is -0.443 e. The van der Waals surface area contributed by atoms with E-state index in [1.807, 2.05) is 30.3 Å². The number of hydrogen-bond acceptors (Lipinski definition) is 2. The molecule has 0 fully saturated rings. The van der Waals surface area contributed by atoms with E-state index in [1.165, 1.54) is 77.0 Å². The number of unbranched alkanes of at least 4 members (excludes halogenated alkanes) is 11. The third-order valence-corrected chi connectivity index (χ3v) is 5.57. The number of benzene rings is 1. The van der Waals surface area contributed by atoms with E-state index in [0.29, 0.717) is 6.61 Å². The molecule has 0 aliphatic carbocycles. The summed E-state index contributed by atoms with van der Waals surface area (Å²) in [5.74, 6) is 0. The van der Waals surface area contributed by atoms with Crippen molar-refractivity contribution >= 4 is 24.2 Å². The number of halogens is 1. The first kappa shape index (κ1) is 28.7. The van der Waals surface area contributed by atoms with Gasteiger partial charge in [0.2, 0.25) is 0 Å². The van der Waals surface area contributed by atoms with Crippen molar-refractivity contribution in [2.24, 2.45) is 0 Å². The van der Waals surface area contributed by atoms with Gasteiger partial charge in [-0.3, -0.25) is 5.32 Å². The van der Waals surface area contributed by atoms with Gasteiger partial charge in [0.25, 0.3) is 0 Å². The monoisotopic (exact) mass is 441 g/mol. The van der Waals surface area contributed by atoms with E-state index >= 15 is 0 Å². The topological polar surface area (TPSA) is 38.3 Å². The van der Waals surface area contributed by atoms with Crippen LogP contribution >= 0.6 is 12.4 Å². The Bertz CT molecular complexity index is 523. The highest BCUT2D eigenvalue weighted by Gasteiger charge is 2.15. The maximum atomic E-state index is 11.8. The Labute approximate surface area is 191 Å². The third-order valence-electron chi connectivity index (χ3n) is 5.57. The lowest BCUT2D eigenvalue weighted by Crippen LogP contribution is -2.43. The number of ether oxygens (including phenoxy) is 1. The Morgan fingerprint density at radius 2 is 1.30 bits per heavy atom. The third kappa shape index (κ3) is 16.5. The van der Waals surface area contributed by atoms with Crippen molar-refractivity contribution in [1.82, 2.24) is 0 Å². The van der Waals surface area contributed by atoms with Gasteiger partial charge >= 0.3 is 6.09 Å². The van der Waals surface area contributed by atoms with Gasteiger partial charge in [-0.25, -0.2) is 4.79 Å². The fourth-order valence-electron chi connectivity index (χ4n) is 3.55. The van der Waals surface area contributed by atoms with E-state index in [2.05, 4.69) is 26.3 Å². The molecule has 0 aliphatic heterocycles. The Morgan fingerprint density at radius 1 is 0.800 bits per heavy atom. The van der Waals surface area contributed by atoms with Gasteiger partial charge in [0, 0.05) is 5.69 Å². The second kappa shape index (κ2) is 18.5. The number of quaternary nitrogens is 1. The van der Waals surface area contributed by atoms with Crippen molar-refractivity contribution < 1.29 is 14.0 Å². The van der Waals surface area contributed by atoms with Crippen molar-refractivity contribution in [2.45, 2.75) is 84.0 Å². The number of nitrogens with one attached hydrogen (secondary N) is 1. The molecule has 30 heavy (non-hydrogen) atoms. The average Bonchev–Trinajstić information content (AvgIpc) is 2.69. The highest BCUT2D eigenvalue weighted by Crippen LogP contribution is 2.13. The van der Waals surface area contributed by atoms with Crippen LogP contribution in [0, 0.1) is 0 Å². The fourth-order valence-corrected chi connectivity index (χ4v) is 3.55. The maximum Gasteiger partial charge on any atom is 0.411 e. The first-order chi connectivity index (χ1) is 14.0. The van der Waals surface area contributed by atoms with Crippen LogP contribution in [-0.4, -0.2) is 44.4 Å². The van der Waals surface area contributed by atoms with Crippen LogP contribution in [0.1, 0.15) is 84.0 Å². The number of para-hydroxylation sites is 1. The molecule has 1 rings (SSSR count). The lowest BCUT2D eigenvalue weighted by atomic mass is 10.1. The molecule has 0 atom stereocenters. The molecule has 5 heteroatoms. The van der Waals surface area contributed by atoms with Crippen LogP contribution in [0.15, 0.2) is 30.3 Å². The summed E-state index contributed by atoms with van der Waals surface area (Å²) < 4.78 is 6.23. The average molecular weight is 442 g/mol. The van der Waals surface area contributed by atoms with Crippen LogP contribution in [-0.2, 0) is 4.74 Å². The van der Waals surface area contributed by atoms with Gasteiger partial charge in [0.05, 0.1) is 20.6 Å². The standard InChI is InChI=1S/C25H44N2O2.ClH/c1-4-5-6-7-8-9-10-11-12-13-14-18-21-27(2,3)22-23-29-25(28)26-24-19-16-15-17-20-24;/h15-17,19-20H,4-14,18,21-23H2,1-3H3;1H/p+1. The number of anilines is 1. The van der Waals surface area contributed by atoms with Gasteiger partial charge in [0.1, 0.15) is 13.2 Å². The molecule has 1 amide bonds. The predicted octanol–water partition coefficient (Wildman–Crippen LogP) is 7.43. The lowest BCUT2D eigenvalue weighted by molar-refractivity contribution is -0.890. The number of likely N-dealkylation sites (N-methyl/N-ethyl adjacent to an activating group) is 1. The van der Waals surface area contributed by atoms with Crippen LogP contribution in [0.4, 0.5) is 10.5 Å². The second-order valence-electron chi connectivity index (χ2n) is 8.90. The first-order valence-corrected chi connectivity index (χ1v) is 11.8. The molecular weight excluding hydrogens is 396 g/mol. The molecule has 1 aromatic rings. The van der Waals surface area contributed by atoms with Crippen LogP contribution < -0.4 is 5.32 Å². The number of rotatable bonds is 17. The summed E-state index contributed by atoms with van der Waals surface area (Å²) >= 11 is 0. The first-order valence-electron chi connectivity index (χ1n) is 11.8. The number of hydrogen-bond donors (Lipinski definition) is 1. The van der Waals surface area contributed by atoms with Gasteiger partial charge in [-0.15, -0.1) is 12.4 Å². The summed E-state index contributed by atoms with van der Waals surface area (Å²) in [6, 6.07) is 9.42. The summed E-state index contributed by atoms with van der Waals surface area (Å²) in [5.41, 5.74) is 0.766. The minimum absolute atomic E-state index is 0. The number of nitrogens with zero attached hydrogens (tertiary/aromatic N) is 1. The van der Waals surface area contributed by atoms with E-state index in [4.69, 9.17) is 4.74 Å². The zero-order chi connectivity index (χ0) is 21.2. The molecule has 174 valence electrons. The SMILES string of the molecule is CCCCCCCCCCCCCC[N+](C)(C)CCOC(=O)Nc1ccccc1.Cl. The predicted molar refractivity (Wildman–Crippen MR) is 132 cm³/mol. The van der Waals surface area contributed by atoms with E-state index in [1.54, 1.807) is 0 Å². The second-order valence-corrected chi connectivity index (χ2v) is 8.90. The van der Waals surface area contributed by atoms with Crippen molar-refractivity contribution in [3.05, 3.63) is 30.3 Å². The number of carbonyl (C=O) groups is 1. The minimum atomic E-state index is -0.374. The molecule has 0 bridgehead atoms. The zero-order valence-electron chi connectivity index (χ0n) is 19.7. The van der Waals surface area contributed by atoms with Gasteiger partial charge in [-0.1, -0.05) is 89.3 Å². The van der Waals surface area contributed by atoms with Crippen molar-refractivity contribution in [1.29, 1.82) is 0 Å². The molecule has 4 nitrogen and oxygen atoms in total. The largest absolute Gasteiger partial charge is 0.443 e. The molecule has 0 saturated heterocycles. The van der Waals surface area contributed by atoms with E-state index < -0.39 is 0 Å². The van der Waals surface area contributed by atoms with E-state index in [-0.39, 0.29) is 18.5 Å². The molecule has 0 aliphatic rings. The smallest absolute Gasteiger partial charge is 0.411 e. The normalized spacial score (nSPS) is 11.0. The molecule has 0 spiro atoms. The molecule has 0 saturated carbocycles. The Hall–Kier alpha value is -1.26. The Morgan fingerprint density at radius 3 is 1.83 bits per heavy atom. The van der Waals surface area contributed by atoms with E-state index in [9.17, 15) is 4.79 Å². The maximum absolute atomic E-state index is 11.8. The van der Waals surface area contributed by atoms with Gasteiger partial charge in [0.15, 0.2) is 0 Å². The van der Waals surface area contributed by atoms with Crippen LogP contribution in [0.3, 0.4) is 0 Å². The number of amides is 1. The lowest BCUT2D eigenvalue weighted by Gasteiger charge is -2.29. The van der Waals surface area contributed by atoms with Gasteiger partial charge in [-0.2, -0.15) is 0 Å². The number of carbonyl (C=O) groups excluding carboxylic acids is 1. The summed E-state index contributed by atoms with van der Waals surface area (Å²) in [5, 5.41) is 2.75. The van der Waals surface area contributed by atoms with Crippen molar-refractivity contribution in [3.8, 4) is 0 Å². The summed E-state index contributed by atoms with van der Waals surface area (Å²) in [4.78, 5) is 11.8. The highest BCUT2D eigenvalue weighted by molar-refractivity contribution is 5.85. The summed E-state index contributed by atoms with van der Waals surface area (Å²) in [6.45, 7) is 4.71. The molecule has 0 unspecified atom stereocenters. The van der Waals surface area contributed by atoms with Crippen LogP contribution in [0.2, 0.25) is 0 Å². The zero-order valence-corrected chi connectivity index (χ0v) is 20.5. The molecule has 1 N–H and O–H groups in total. The quantitative estimate of drug-likeness (QED) is 0.201. The Balaban J connectivity index is 0.00000841. The van der Waals surface area contributed by atoms with Crippen LogP contribution in [0.5, 0.6) is 0 Å². The summed E-state index contributed by atoms with van der Waals surface area (Å²) in [6.07, 6.45) is 16.2.